The Morgan fingerprint density at radius 3 is 2.39 bits per heavy atom. The van der Waals surface area contributed by atoms with Gasteiger partial charge in [-0.05, 0) is 24.3 Å². The zero-order valence-corrected chi connectivity index (χ0v) is 12.3. The van der Waals surface area contributed by atoms with E-state index in [9.17, 15) is 0 Å². The summed E-state index contributed by atoms with van der Waals surface area (Å²) in [4.78, 5) is 12.6. The molecule has 3 heteroatoms. The largest absolute Gasteiger partial charge is 0.353 e. The predicted octanol–water partition coefficient (Wildman–Crippen LogP) is 4.93. The zero-order chi connectivity index (χ0) is 15.2. The molecule has 5 aromatic rings. The van der Waals surface area contributed by atoms with Crippen LogP contribution in [0.5, 0.6) is 0 Å². The van der Waals surface area contributed by atoms with Crippen LogP contribution >= 0.6 is 0 Å². The van der Waals surface area contributed by atoms with Gasteiger partial charge in [-0.3, -0.25) is 9.97 Å². The molecule has 5 rings (SSSR count). The van der Waals surface area contributed by atoms with Crippen molar-refractivity contribution in [2.24, 2.45) is 0 Å². The van der Waals surface area contributed by atoms with E-state index < -0.39 is 0 Å². The van der Waals surface area contributed by atoms with Gasteiger partial charge in [0, 0.05) is 39.6 Å². The minimum absolute atomic E-state index is 0.970. The summed E-state index contributed by atoms with van der Waals surface area (Å²) < 4.78 is 0. The SMILES string of the molecule is c1ccc2c(-c3nccc4c3[nH]c3ccccc34)ccnc2c1. The number of nitrogens with zero attached hydrogens (tertiary/aromatic N) is 2. The third-order valence-electron chi connectivity index (χ3n) is 4.33. The van der Waals surface area contributed by atoms with E-state index in [0.29, 0.717) is 0 Å². The molecule has 3 aromatic heterocycles. The summed E-state index contributed by atoms with van der Waals surface area (Å²) in [5.74, 6) is 0. The van der Waals surface area contributed by atoms with Crippen molar-refractivity contribution >= 4 is 32.7 Å². The maximum absolute atomic E-state index is 4.66. The first-order valence-corrected chi connectivity index (χ1v) is 7.61. The van der Waals surface area contributed by atoms with E-state index in [1.807, 2.05) is 42.7 Å². The molecule has 0 aliphatic carbocycles. The number of fused-ring (bicyclic) bond motifs is 4. The van der Waals surface area contributed by atoms with Crippen molar-refractivity contribution in [1.29, 1.82) is 0 Å². The molecule has 0 fully saturated rings. The minimum Gasteiger partial charge on any atom is -0.353 e. The molecule has 0 spiro atoms. The first-order chi connectivity index (χ1) is 11.4. The van der Waals surface area contributed by atoms with Crippen LogP contribution in [-0.4, -0.2) is 15.0 Å². The fourth-order valence-electron chi connectivity index (χ4n) is 3.28. The van der Waals surface area contributed by atoms with Crippen LogP contribution in [0.2, 0.25) is 0 Å². The quantitative estimate of drug-likeness (QED) is 0.476. The molecule has 108 valence electrons. The molecule has 0 aliphatic rings. The fraction of sp³-hybridized carbons (Fsp3) is 0. The van der Waals surface area contributed by atoms with Gasteiger partial charge in [-0.15, -0.1) is 0 Å². The Morgan fingerprint density at radius 2 is 1.43 bits per heavy atom. The number of H-pyrrole nitrogens is 1. The lowest BCUT2D eigenvalue weighted by Gasteiger charge is -2.06. The molecule has 3 nitrogen and oxygen atoms in total. The van der Waals surface area contributed by atoms with Gasteiger partial charge >= 0.3 is 0 Å². The molecule has 0 radical (unpaired) electrons. The topological polar surface area (TPSA) is 41.6 Å². The zero-order valence-electron chi connectivity index (χ0n) is 12.3. The Hall–Kier alpha value is -3.20. The number of para-hydroxylation sites is 2. The first kappa shape index (κ1) is 12.4. The molecule has 0 atom stereocenters. The van der Waals surface area contributed by atoms with Gasteiger partial charge in [-0.1, -0.05) is 36.4 Å². The van der Waals surface area contributed by atoms with Crippen LogP contribution in [0.1, 0.15) is 0 Å². The highest BCUT2D eigenvalue weighted by atomic mass is 14.8. The van der Waals surface area contributed by atoms with E-state index >= 15 is 0 Å². The lowest BCUT2D eigenvalue weighted by Crippen LogP contribution is -1.88. The average molecular weight is 295 g/mol. The van der Waals surface area contributed by atoms with Crippen molar-refractivity contribution < 1.29 is 0 Å². The van der Waals surface area contributed by atoms with E-state index in [1.54, 1.807) is 0 Å². The van der Waals surface area contributed by atoms with Crippen molar-refractivity contribution in [3.8, 4) is 11.3 Å². The van der Waals surface area contributed by atoms with Crippen LogP contribution in [0.15, 0.2) is 73.1 Å². The van der Waals surface area contributed by atoms with E-state index in [-0.39, 0.29) is 0 Å². The molecular formula is C20H13N3. The summed E-state index contributed by atoms with van der Waals surface area (Å²) in [5.41, 5.74) is 5.27. The van der Waals surface area contributed by atoms with Crippen LogP contribution < -0.4 is 0 Å². The highest BCUT2D eigenvalue weighted by molar-refractivity contribution is 6.12. The monoisotopic (exact) mass is 295 g/mol. The van der Waals surface area contributed by atoms with Gasteiger partial charge in [-0.2, -0.15) is 0 Å². The number of nitrogens with one attached hydrogen (secondary N) is 1. The van der Waals surface area contributed by atoms with Gasteiger partial charge in [0.15, 0.2) is 0 Å². The molecule has 0 saturated carbocycles. The van der Waals surface area contributed by atoms with Crippen LogP contribution in [0.4, 0.5) is 0 Å². The summed E-state index contributed by atoms with van der Waals surface area (Å²) in [6, 6.07) is 20.6. The predicted molar refractivity (Wildman–Crippen MR) is 94.3 cm³/mol. The maximum atomic E-state index is 4.66. The van der Waals surface area contributed by atoms with Crippen molar-refractivity contribution in [1.82, 2.24) is 15.0 Å². The third kappa shape index (κ3) is 1.77. The van der Waals surface area contributed by atoms with E-state index in [2.05, 4.69) is 45.3 Å². The Morgan fingerprint density at radius 1 is 0.652 bits per heavy atom. The van der Waals surface area contributed by atoms with E-state index in [4.69, 9.17) is 0 Å². The molecule has 0 saturated heterocycles. The number of hydrogen-bond acceptors (Lipinski definition) is 2. The molecule has 2 aromatic carbocycles. The first-order valence-electron chi connectivity index (χ1n) is 7.61. The molecule has 0 amide bonds. The Kier molecular flexibility index (Phi) is 2.50. The molecule has 0 bridgehead atoms. The second kappa shape index (κ2) is 4.65. The normalized spacial score (nSPS) is 11.5. The number of aromatic amines is 1. The van der Waals surface area contributed by atoms with Crippen molar-refractivity contribution in [3.05, 3.63) is 73.1 Å². The number of hydrogen-bond donors (Lipinski definition) is 1. The van der Waals surface area contributed by atoms with Crippen LogP contribution in [-0.2, 0) is 0 Å². The summed E-state index contributed by atoms with van der Waals surface area (Å²) in [7, 11) is 0. The van der Waals surface area contributed by atoms with Crippen molar-refractivity contribution in [2.75, 3.05) is 0 Å². The van der Waals surface area contributed by atoms with Gasteiger partial charge in [0.05, 0.1) is 16.7 Å². The van der Waals surface area contributed by atoms with Gasteiger partial charge in [-0.25, -0.2) is 0 Å². The van der Waals surface area contributed by atoms with Gasteiger partial charge in [0.1, 0.15) is 0 Å². The molecule has 0 unspecified atom stereocenters. The lowest BCUT2D eigenvalue weighted by atomic mass is 10.0. The van der Waals surface area contributed by atoms with Gasteiger partial charge in [0.2, 0.25) is 0 Å². The summed E-state index contributed by atoms with van der Waals surface area (Å²) in [5, 5.41) is 3.55. The Labute approximate surface area is 132 Å². The van der Waals surface area contributed by atoms with Crippen LogP contribution in [0, 0.1) is 0 Å². The molecule has 23 heavy (non-hydrogen) atoms. The number of benzene rings is 2. The smallest absolute Gasteiger partial charge is 0.0950 e. The van der Waals surface area contributed by atoms with Crippen molar-refractivity contribution in [3.63, 3.8) is 0 Å². The molecular weight excluding hydrogens is 282 g/mol. The second-order valence-electron chi connectivity index (χ2n) is 5.63. The van der Waals surface area contributed by atoms with Crippen LogP contribution in [0.25, 0.3) is 44.0 Å². The number of rotatable bonds is 1. The lowest BCUT2D eigenvalue weighted by molar-refractivity contribution is 1.33. The molecule has 1 N–H and O–H groups in total. The Bertz CT molecular complexity index is 1170. The van der Waals surface area contributed by atoms with E-state index in [0.717, 1.165) is 33.2 Å². The standard InChI is InChI=1S/C20H13N3/c1-3-7-17-13(5-1)15(9-11-21-17)19-20-16(10-12-22-19)14-6-2-4-8-18(14)23-20/h1-12,23H. The highest BCUT2D eigenvalue weighted by Gasteiger charge is 2.12. The van der Waals surface area contributed by atoms with E-state index in [1.165, 1.54) is 10.8 Å². The number of aromatic nitrogens is 3. The van der Waals surface area contributed by atoms with Gasteiger partial charge in [0.25, 0.3) is 0 Å². The highest BCUT2D eigenvalue weighted by Crippen LogP contribution is 2.34. The average Bonchev–Trinajstić information content (AvgIpc) is 3.00. The summed E-state index contributed by atoms with van der Waals surface area (Å²) in [6.07, 6.45) is 3.73. The fourth-order valence-corrected chi connectivity index (χ4v) is 3.28. The van der Waals surface area contributed by atoms with Crippen molar-refractivity contribution in [2.45, 2.75) is 0 Å². The maximum Gasteiger partial charge on any atom is 0.0950 e. The Balaban J connectivity index is 1.93. The molecule has 0 aliphatic heterocycles. The van der Waals surface area contributed by atoms with Gasteiger partial charge < -0.3 is 4.98 Å². The summed E-state index contributed by atoms with van der Waals surface area (Å²) >= 11 is 0. The second-order valence-corrected chi connectivity index (χ2v) is 5.63. The number of pyridine rings is 2. The third-order valence-corrected chi connectivity index (χ3v) is 4.33. The summed E-state index contributed by atoms with van der Waals surface area (Å²) in [6.45, 7) is 0. The van der Waals surface area contributed by atoms with Crippen LogP contribution in [0.3, 0.4) is 0 Å². The minimum atomic E-state index is 0.970. The molecule has 3 heterocycles.